The first kappa shape index (κ1) is 30.4. The predicted octanol–water partition coefficient (Wildman–Crippen LogP) is 3.51. The standard InChI is InChI=1S/C29H41FN6O5S/c1-18-22-11-21(12-23(22)24(30)13-31-18)33-20-7-5-19(6-8-20)15-35(29(38)39)25-14-32-28-27(34-25)36(26(37)16-41-28)17-40-9-10-42(2,3)4/h13-14,19-21,33H,5-12,15-17H2,1-4H3,(H,38,39). The molecule has 0 saturated heterocycles. The van der Waals surface area contributed by atoms with Gasteiger partial charge in [0.2, 0.25) is 5.82 Å². The van der Waals surface area contributed by atoms with Gasteiger partial charge < -0.3 is 19.9 Å². The number of rotatable bonds is 10. The molecule has 2 N–H and O–H groups in total. The third-order valence-electron chi connectivity index (χ3n) is 8.29. The van der Waals surface area contributed by atoms with Gasteiger partial charge in [-0.05, 0) is 81.3 Å². The Morgan fingerprint density at radius 2 is 1.90 bits per heavy atom. The Bertz CT molecular complexity index is 1290. The van der Waals surface area contributed by atoms with Crippen LogP contribution in [0.15, 0.2) is 12.4 Å². The van der Waals surface area contributed by atoms with E-state index in [-0.39, 0.29) is 61.1 Å². The molecule has 2 amide bonds. The van der Waals surface area contributed by atoms with Crippen LogP contribution in [0.1, 0.15) is 42.5 Å². The summed E-state index contributed by atoms with van der Waals surface area (Å²) in [5, 5.41) is 13.8. The van der Waals surface area contributed by atoms with E-state index in [4.69, 9.17) is 9.47 Å². The van der Waals surface area contributed by atoms with Crippen molar-refractivity contribution < 1.29 is 28.6 Å². The molecule has 0 spiro atoms. The fourth-order valence-electron chi connectivity index (χ4n) is 5.91. The number of pyridine rings is 1. The summed E-state index contributed by atoms with van der Waals surface area (Å²) in [5.41, 5.74) is 2.69. The van der Waals surface area contributed by atoms with Gasteiger partial charge >= 0.3 is 6.09 Å². The Morgan fingerprint density at radius 3 is 2.60 bits per heavy atom. The van der Waals surface area contributed by atoms with Crippen molar-refractivity contribution in [3.8, 4) is 5.88 Å². The third kappa shape index (κ3) is 7.12. The molecule has 3 aliphatic rings. The Balaban J connectivity index is 1.18. The fourth-order valence-corrected chi connectivity index (χ4v) is 6.53. The van der Waals surface area contributed by atoms with Crippen LogP contribution in [0.3, 0.4) is 0 Å². The van der Waals surface area contributed by atoms with Crippen molar-refractivity contribution in [3.05, 3.63) is 35.0 Å². The molecule has 1 unspecified atom stereocenters. The van der Waals surface area contributed by atoms with E-state index in [0.29, 0.717) is 19.1 Å². The number of fused-ring (bicyclic) bond motifs is 2. The summed E-state index contributed by atoms with van der Waals surface area (Å²) in [7, 11) is -0.740. The molecular formula is C29H41FN6O5S. The van der Waals surface area contributed by atoms with Crippen molar-refractivity contribution in [1.82, 2.24) is 20.3 Å². The molecular weight excluding hydrogens is 563 g/mol. The van der Waals surface area contributed by atoms with E-state index in [2.05, 4.69) is 39.0 Å². The number of aryl methyl sites for hydroxylation is 1. The van der Waals surface area contributed by atoms with E-state index in [1.165, 1.54) is 22.2 Å². The minimum atomic E-state index is -1.13. The molecule has 1 aliphatic heterocycles. The highest BCUT2D eigenvalue weighted by atomic mass is 32.3. The highest BCUT2D eigenvalue weighted by Crippen LogP contribution is 2.35. The van der Waals surface area contributed by atoms with E-state index in [0.717, 1.165) is 54.7 Å². The van der Waals surface area contributed by atoms with Crippen LogP contribution in [0.25, 0.3) is 0 Å². The normalized spacial score (nSPS) is 22.4. The van der Waals surface area contributed by atoms with Gasteiger partial charge in [-0.25, -0.2) is 29.2 Å². The Hall–Kier alpha value is -3.03. The average Bonchev–Trinajstić information content (AvgIpc) is 3.38. The van der Waals surface area contributed by atoms with Gasteiger partial charge in [-0.15, -0.1) is 0 Å². The molecule has 11 nitrogen and oxygen atoms in total. The first-order chi connectivity index (χ1) is 20.0. The first-order valence-electron chi connectivity index (χ1n) is 14.4. The van der Waals surface area contributed by atoms with Crippen LogP contribution in [0.2, 0.25) is 0 Å². The summed E-state index contributed by atoms with van der Waals surface area (Å²) in [6, 6.07) is 0.488. The van der Waals surface area contributed by atoms with Crippen molar-refractivity contribution in [2.75, 3.05) is 60.8 Å². The number of anilines is 2. The highest BCUT2D eigenvalue weighted by molar-refractivity contribution is 8.32. The lowest BCUT2D eigenvalue weighted by Crippen LogP contribution is -2.44. The van der Waals surface area contributed by atoms with Crippen LogP contribution in [0.4, 0.5) is 20.8 Å². The minimum Gasteiger partial charge on any atom is -0.465 e. The summed E-state index contributed by atoms with van der Waals surface area (Å²) < 4.78 is 25.5. The Kier molecular flexibility index (Phi) is 9.19. The number of nitrogens with zero attached hydrogens (tertiary/aromatic N) is 5. The van der Waals surface area contributed by atoms with Crippen molar-refractivity contribution in [2.45, 2.75) is 57.5 Å². The molecule has 2 aliphatic carbocycles. The maximum absolute atomic E-state index is 14.3. The molecule has 3 heterocycles. The van der Waals surface area contributed by atoms with Crippen molar-refractivity contribution >= 4 is 33.7 Å². The number of hydrogen-bond donors (Lipinski definition) is 2. The summed E-state index contributed by atoms with van der Waals surface area (Å²) in [6.07, 6.45) is 13.1. The first-order valence-corrected chi connectivity index (χ1v) is 17.4. The van der Waals surface area contributed by atoms with E-state index in [1.54, 1.807) is 0 Å². The van der Waals surface area contributed by atoms with E-state index < -0.39 is 16.1 Å². The third-order valence-corrected chi connectivity index (χ3v) is 9.68. The van der Waals surface area contributed by atoms with Crippen LogP contribution >= 0.6 is 10.0 Å². The van der Waals surface area contributed by atoms with Gasteiger partial charge in [0.05, 0.1) is 19.0 Å². The molecule has 1 saturated carbocycles. The number of carboxylic acid groups (broad SMARTS) is 1. The summed E-state index contributed by atoms with van der Waals surface area (Å²) in [5.74, 6) is 1.02. The van der Waals surface area contributed by atoms with E-state index in [9.17, 15) is 19.1 Å². The molecule has 0 bridgehead atoms. The van der Waals surface area contributed by atoms with Crippen LogP contribution < -0.4 is 19.9 Å². The molecule has 1 fully saturated rings. The molecule has 0 radical (unpaired) electrons. The van der Waals surface area contributed by atoms with Gasteiger partial charge in [0.15, 0.2) is 12.4 Å². The molecule has 2 aromatic heterocycles. The van der Waals surface area contributed by atoms with Crippen LogP contribution in [0, 0.1) is 18.7 Å². The average molecular weight is 605 g/mol. The predicted molar refractivity (Wildman–Crippen MR) is 160 cm³/mol. The smallest absolute Gasteiger partial charge is 0.413 e. The second-order valence-electron chi connectivity index (χ2n) is 12.3. The summed E-state index contributed by atoms with van der Waals surface area (Å²) >= 11 is 0. The molecule has 13 heteroatoms. The zero-order valence-corrected chi connectivity index (χ0v) is 25.6. The van der Waals surface area contributed by atoms with Crippen LogP contribution in [0.5, 0.6) is 5.88 Å². The molecule has 1 atom stereocenters. The SMILES string of the molecule is Cc1ncc(F)c2c1CC(NC1CCC(CN(C(=O)O)c3cnc4c(n3)N(COCCS(C)(C)C)C(=O)CO4)CC1)C2. The number of nitrogens with one attached hydrogen (secondary N) is 1. The number of carbonyl (C=O) groups excluding carboxylic acids is 1. The minimum absolute atomic E-state index is 0.00172. The monoisotopic (exact) mass is 604 g/mol. The number of ether oxygens (including phenoxy) is 2. The van der Waals surface area contributed by atoms with Crippen LogP contribution in [-0.4, -0.2) is 95.2 Å². The van der Waals surface area contributed by atoms with Gasteiger partial charge in [0, 0.05) is 30.1 Å². The highest BCUT2D eigenvalue weighted by Gasteiger charge is 2.33. The quantitative estimate of drug-likeness (QED) is 0.391. The zero-order valence-electron chi connectivity index (χ0n) is 24.8. The maximum Gasteiger partial charge on any atom is 0.413 e. The van der Waals surface area contributed by atoms with Crippen molar-refractivity contribution in [1.29, 1.82) is 0 Å². The fraction of sp³-hybridized carbons (Fsp3) is 0.621. The van der Waals surface area contributed by atoms with Crippen molar-refractivity contribution in [2.24, 2.45) is 5.92 Å². The Labute approximate surface area is 247 Å². The molecule has 230 valence electrons. The number of aromatic nitrogens is 3. The van der Waals surface area contributed by atoms with Gasteiger partial charge in [0.25, 0.3) is 11.8 Å². The second-order valence-corrected chi connectivity index (χ2v) is 16.9. The maximum atomic E-state index is 14.3. The van der Waals surface area contributed by atoms with Gasteiger partial charge in [-0.2, -0.15) is 0 Å². The largest absolute Gasteiger partial charge is 0.465 e. The number of halogens is 1. The molecule has 2 aromatic rings. The molecule has 5 rings (SSSR count). The molecule has 42 heavy (non-hydrogen) atoms. The Morgan fingerprint density at radius 1 is 1.17 bits per heavy atom. The topological polar surface area (TPSA) is 130 Å². The van der Waals surface area contributed by atoms with Crippen molar-refractivity contribution in [3.63, 3.8) is 0 Å². The summed E-state index contributed by atoms with van der Waals surface area (Å²) in [6.45, 7) is 2.54. The number of hydrogen-bond acceptors (Lipinski definition) is 8. The number of carbonyl (C=O) groups is 2. The van der Waals surface area contributed by atoms with Gasteiger partial charge in [-0.1, -0.05) is 0 Å². The summed E-state index contributed by atoms with van der Waals surface area (Å²) in [4.78, 5) is 40.5. The van der Waals surface area contributed by atoms with E-state index >= 15 is 0 Å². The second kappa shape index (κ2) is 12.7. The lowest BCUT2D eigenvalue weighted by molar-refractivity contribution is -0.122. The van der Waals surface area contributed by atoms with Crippen LogP contribution in [-0.2, 0) is 22.4 Å². The zero-order chi connectivity index (χ0) is 30.0. The lowest BCUT2D eigenvalue weighted by atomic mass is 9.85. The van der Waals surface area contributed by atoms with E-state index in [1.807, 2.05) is 6.92 Å². The van der Waals surface area contributed by atoms with Gasteiger partial charge in [0.1, 0.15) is 12.5 Å². The lowest BCUT2D eigenvalue weighted by Gasteiger charge is -2.33. The molecule has 0 aromatic carbocycles. The number of amides is 2. The van der Waals surface area contributed by atoms with Gasteiger partial charge in [-0.3, -0.25) is 19.6 Å².